The highest BCUT2D eigenvalue weighted by atomic mass is 16.3. The van der Waals surface area contributed by atoms with E-state index in [1.165, 1.54) is 6.42 Å². The third kappa shape index (κ3) is 5.04. The van der Waals surface area contributed by atoms with Gasteiger partial charge < -0.3 is 10.0 Å². The first kappa shape index (κ1) is 15.0. The molecule has 0 aromatic heterocycles. The largest absolute Gasteiger partial charge is 0.393 e. The smallest absolute Gasteiger partial charge is 0.0669 e. The van der Waals surface area contributed by atoms with Crippen molar-refractivity contribution in [3.05, 3.63) is 0 Å². The predicted molar refractivity (Wildman–Crippen MR) is 69.4 cm³/mol. The number of aliphatic hydroxyl groups is 1. The van der Waals surface area contributed by atoms with E-state index < -0.39 is 0 Å². The Kier molecular flexibility index (Phi) is 6.72. The van der Waals surface area contributed by atoms with E-state index in [9.17, 15) is 5.11 Å². The van der Waals surface area contributed by atoms with Crippen molar-refractivity contribution in [2.24, 2.45) is 11.8 Å². The van der Waals surface area contributed by atoms with E-state index in [0.717, 1.165) is 25.8 Å². The molecule has 0 aliphatic heterocycles. The number of aliphatic hydroxyl groups excluding tert-OH is 1. The van der Waals surface area contributed by atoms with Crippen molar-refractivity contribution in [2.75, 3.05) is 20.1 Å². The lowest BCUT2D eigenvalue weighted by atomic mass is 9.86. The Labute approximate surface area is 110 Å². The Balaban J connectivity index is 2.33. The first-order chi connectivity index (χ1) is 8.67. The SMILES string of the molecule is CN(CC(C#N)CCC#N)CC1CCCCC1O. The van der Waals surface area contributed by atoms with E-state index in [4.69, 9.17) is 10.5 Å². The van der Waals surface area contributed by atoms with Gasteiger partial charge in [0.05, 0.1) is 24.2 Å². The Hall–Kier alpha value is -1.10. The summed E-state index contributed by atoms with van der Waals surface area (Å²) in [4.78, 5) is 2.13. The molecule has 1 saturated carbocycles. The van der Waals surface area contributed by atoms with Gasteiger partial charge in [-0.05, 0) is 32.2 Å². The molecule has 3 atom stereocenters. The summed E-state index contributed by atoms with van der Waals surface area (Å²) in [6.07, 6.45) is 5.23. The molecule has 1 rings (SSSR count). The standard InChI is InChI=1S/C14H23N3O/c1-17(10-12(9-16)5-4-8-15)11-13-6-2-3-7-14(13)18/h12-14,18H,2-7,10-11H2,1H3. The van der Waals surface area contributed by atoms with Crippen molar-refractivity contribution in [2.45, 2.75) is 44.6 Å². The molecule has 1 N–H and O–H groups in total. The number of nitrogens with zero attached hydrogens (tertiary/aromatic N) is 3. The van der Waals surface area contributed by atoms with Crippen LogP contribution in [0.5, 0.6) is 0 Å². The van der Waals surface area contributed by atoms with Crippen LogP contribution < -0.4 is 0 Å². The average molecular weight is 249 g/mol. The van der Waals surface area contributed by atoms with Gasteiger partial charge in [-0.2, -0.15) is 10.5 Å². The molecule has 0 saturated heterocycles. The van der Waals surface area contributed by atoms with E-state index in [1.54, 1.807) is 0 Å². The van der Waals surface area contributed by atoms with Gasteiger partial charge in [-0.15, -0.1) is 0 Å². The second kappa shape index (κ2) is 8.08. The third-order valence-electron chi connectivity index (χ3n) is 3.73. The highest BCUT2D eigenvalue weighted by Gasteiger charge is 2.24. The van der Waals surface area contributed by atoms with Crippen molar-refractivity contribution in [3.63, 3.8) is 0 Å². The molecule has 0 spiro atoms. The summed E-state index contributed by atoms with van der Waals surface area (Å²) in [6.45, 7) is 1.55. The Morgan fingerprint density at radius 3 is 2.67 bits per heavy atom. The minimum absolute atomic E-state index is 0.0737. The molecule has 1 aliphatic rings. The van der Waals surface area contributed by atoms with Crippen LogP contribution in [0.25, 0.3) is 0 Å². The van der Waals surface area contributed by atoms with Gasteiger partial charge in [0.2, 0.25) is 0 Å². The molecule has 1 fully saturated rings. The molecule has 4 heteroatoms. The van der Waals surface area contributed by atoms with Crippen LogP contribution in [0.2, 0.25) is 0 Å². The van der Waals surface area contributed by atoms with E-state index in [1.807, 2.05) is 7.05 Å². The lowest BCUT2D eigenvalue weighted by molar-refractivity contribution is 0.0498. The molecule has 0 bridgehead atoms. The highest BCUT2D eigenvalue weighted by molar-refractivity contribution is 4.88. The van der Waals surface area contributed by atoms with Gasteiger partial charge in [0.1, 0.15) is 0 Å². The molecule has 1 aliphatic carbocycles. The summed E-state index contributed by atoms with van der Waals surface area (Å²) in [5.74, 6) is 0.273. The first-order valence-electron chi connectivity index (χ1n) is 6.80. The van der Waals surface area contributed by atoms with Gasteiger partial charge in [0.25, 0.3) is 0 Å². The molecule has 0 radical (unpaired) electrons. The number of nitriles is 2. The summed E-state index contributed by atoms with van der Waals surface area (Å²) >= 11 is 0. The van der Waals surface area contributed by atoms with Crippen molar-refractivity contribution >= 4 is 0 Å². The highest BCUT2D eigenvalue weighted by Crippen LogP contribution is 2.25. The van der Waals surface area contributed by atoms with E-state index >= 15 is 0 Å². The third-order valence-corrected chi connectivity index (χ3v) is 3.73. The molecule has 0 aromatic carbocycles. The number of hydrogen-bond acceptors (Lipinski definition) is 4. The molecule has 0 aromatic rings. The second-order valence-electron chi connectivity index (χ2n) is 5.36. The monoisotopic (exact) mass is 249 g/mol. The minimum atomic E-state index is -0.180. The zero-order valence-corrected chi connectivity index (χ0v) is 11.2. The van der Waals surface area contributed by atoms with Crippen LogP contribution in [-0.4, -0.2) is 36.2 Å². The average Bonchev–Trinajstić information content (AvgIpc) is 2.37. The van der Waals surface area contributed by atoms with Crippen LogP contribution in [0.4, 0.5) is 0 Å². The van der Waals surface area contributed by atoms with E-state index in [-0.39, 0.29) is 12.0 Å². The van der Waals surface area contributed by atoms with Crippen LogP contribution in [0.3, 0.4) is 0 Å². The molecule has 0 heterocycles. The Morgan fingerprint density at radius 1 is 1.33 bits per heavy atom. The second-order valence-corrected chi connectivity index (χ2v) is 5.36. The van der Waals surface area contributed by atoms with E-state index in [0.29, 0.717) is 25.3 Å². The normalized spacial score (nSPS) is 25.4. The van der Waals surface area contributed by atoms with Gasteiger partial charge in [0.15, 0.2) is 0 Å². The summed E-state index contributed by atoms with van der Waals surface area (Å²) in [5, 5.41) is 27.5. The summed E-state index contributed by atoms with van der Waals surface area (Å²) < 4.78 is 0. The lowest BCUT2D eigenvalue weighted by Crippen LogP contribution is -2.37. The zero-order valence-electron chi connectivity index (χ0n) is 11.2. The number of rotatable bonds is 6. The predicted octanol–water partition coefficient (Wildman–Crippen LogP) is 1.91. The summed E-state index contributed by atoms with van der Waals surface area (Å²) in [5.41, 5.74) is 0. The van der Waals surface area contributed by atoms with Crippen LogP contribution in [0.15, 0.2) is 0 Å². The minimum Gasteiger partial charge on any atom is -0.393 e. The van der Waals surface area contributed by atoms with Crippen LogP contribution in [0.1, 0.15) is 38.5 Å². The molecule has 3 unspecified atom stereocenters. The Morgan fingerprint density at radius 2 is 2.06 bits per heavy atom. The summed E-state index contributed by atoms with van der Waals surface area (Å²) in [7, 11) is 2.00. The fraction of sp³-hybridized carbons (Fsp3) is 0.857. The topological polar surface area (TPSA) is 71.0 Å². The van der Waals surface area contributed by atoms with Gasteiger partial charge in [-0.1, -0.05) is 12.8 Å². The van der Waals surface area contributed by atoms with Crippen molar-refractivity contribution < 1.29 is 5.11 Å². The quantitative estimate of drug-likeness (QED) is 0.780. The van der Waals surface area contributed by atoms with Crippen LogP contribution >= 0.6 is 0 Å². The fourth-order valence-corrected chi connectivity index (χ4v) is 2.69. The fourth-order valence-electron chi connectivity index (χ4n) is 2.69. The maximum absolute atomic E-state index is 9.92. The van der Waals surface area contributed by atoms with Gasteiger partial charge in [-0.25, -0.2) is 0 Å². The molecular formula is C14H23N3O. The van der Waals surface area contributed by atoms with Crippen LogP contribution in [0, 0.1) is 34.5 Å². The van der Waals surface area contributed by atoms with E-state index in [2.05, 4.69) is 17.0 Å². The molecule has 4 nitrogen and oxygen atoms in total. The summed E-state index contributed by atoms with van der Waals surface area (Å²) in [6, 6.07) is 4.35. The van der Waals surface area contributed by atoms with Crippen molar-refractivity contribution in [1.29, 1.82) is 10.5 Å². The van der Waals surface area contributed by atoms with Gasteiger partial charge in [0, 0.05) is 19.5 Å². The first-order valence-corrected chi connectivity index (χ1v) is 6.80. The maximum Gasteiger partial charge on any atom is 0.0669 e. The van der Waals surface area contributed by atoms with Crippen LogP contribution in [-0.2, 0) is 0 Å². The Bertz CT molecular complexity index is 318. The zero-order chi connectivity index (χ0) is 13.4. The molecule has 18 heavy (non-hydrogen) atoms. The number of hydrogen-bond donors (Lipinski definition) is 1. The maximum atomic E-state index is 9.92. The molecular weight excluding hydrogens is 226 g/mol. The van der Waals surface area contributed by atoms with Crippen molar-refractivity contribution in [3.8, 4) is 12.1 Å². The molecule has 0 amide bonds. The van der Waals surface area contributed by atoms with Crippen molar-refractivity contribution in [1.82, 2.24) is 4.90 Å². The lowest BCUT2D eigenvalue weighted by Gasteiger charge is -2.31. The van der Waals surface area contributed by atoms with Gasteiger partial charge >= 0.3 is 0 Å². The molecule has 100 valence electrons. The van der Waals surface area contributed by atoms with Gasteiger partial charge in [-0.3, -0.25) is 0 Å².